The number of nitrogens with zero attached hydrogens (tertiary/aromatic N) is 4. The molecule has 1 heterocycles. The van der Waals surface area contributed by atoms with Crippen LogP contribution in [0.1, 0.15) is 11.5 Å². The molecule has 0 saturated heterocycles. The Labute approximate surface area is 169 Å². The van der Waals surface area contributed by atoms with Gasteiger partial charge in [-0.1, -0.05) is 47.1 Å². The molecule has 3 rings (SSSR count). The first kappa shape index (κ1) is 19.7. The summed E-state index contributed by atoms with van der Waals surface area (Å²) in [5.74, 6) is 2.50. The van der Waals surface area contributed by atoms with E-state index in [1.165, 1.54) is 0 Å². The third-order valence-corrected chi connectivity index (χ3v) is 4.36. The number of hydrogen-bond acceptors (Lipinski definition) is 5. The molecule has 146 valence electrons. The Morgan fingerprint density at radius 1 is 1.25 bits per heavy atom. The Morgan fingerprint density at radius 3 is 2.82 bits per heavy atom. The fourth-order valence-corrected chi connectivity index (χ4v) is 2.97. The number of benzene rings is 2. The lowest BCUT2D eigenvalue weighted by Gasteiger charge is -2.22. The van der Waals surface area contributed by atoms with Crippen LogP contribution in [0.3, 0.4) is 0 Å². The smallest absolute Gasteiger partial charge is 0.246 e. The SMILES string of the molecule is CN=C(NCc1nc(-c2cccc(Cl)c2)no1)N(C)Cc1ccccc1OC. The highest BCUT2D eigenvalue weighted by atomic mass is 35.5. The molecule has 7 nitrogen and oxygen atoms in total. The van der Waals surface area contributed by atoms with Crippen LogP contribution in [0, 0.1) is 0 Å². The first-order chi connectivity index (χ1) is 13.6. The van der Waals surface area contributed by atoms with Crippen molar-refractivity contribution >= 4 is 17.6 Å². The van der Waals surface area contributed by atoms with E-state index in [4.69, 9.17) is 20.9 Å². The third-order valence-electron chi connectivity index (χ3n) is 4.12. The summed E-state index contributed by atoms with van der Waals surface area (Å²) >= 11 is 6.02. The zero-order valence-corrected chi connectivity index (χ0v) is 16.8. The van der Waals surface area contributed by atoms with Crippen molar-refractivity contribution in [2.24, 2.45) is 4.99 Å². The van der Waals surface area contributed by atoms with Gasteiger partial charge in [-0.15, -0.1) is 0 Å². The minimum atomic E-state index is 0.358. The molecule has 0 spiro atoms. The van der Waals surface area contributed by atoms with E-state index in [1.807, 2.05) is 48.3 Å². The van der Waals surface area contributed by atoms with Crippen molar-refractivity contribution in [1.82, 2.24) is 20.4 Å². The largest absolute Gasteiger partial charge is 0.496 e. The lowest BCUT2D eigenvalue weighted by Crippen LogP contribution is -2.38. The zero-order chi connectivity index (χ0) is 19.9. The van der Waals surface area contributed by atoms with Crippen molar-refractivity contribution in [3.63, 3.8) is 0 Å². The van der Waals surface area contributed by atoms with Crippen LogP contribution in [-0.2, 0) is 13.1 Å². The molecule has 1 aromatic heterocycles. The van der Waals surface area contributed by atoms with E-state index in [9.17, 15) is 0 Å². The van der Waals surface area contributed by atoms with Crippen molar-refractivity contribution in [3.05, 3.63) is 65.0 Å². The Bertz CT molecular complexity index is 957. The predicted molar refractivity (Wildman–Crippen MR) is 109 cm³/mol. The molecule has 0 aliphatic carbocycles. The zero-order valence-electron chi connectivity index (χ0n) is 16.0. The Kier molecular flexibility index (Phi) is 6.49. The number of hydrogen-bond donors (Lipinski definition) is 1. The maximum atomic E-state index is 6.02. The molecule has 3 aromatic rings. The molecular weight excluding hydrogens is 378 g/mol. The van der Waals surface area contributed by atoms with Crippen LogP contribution in [0.15, 0.2) is 58.0 Å². The van der Waals surface area contributed by atoms with Gasteiger partial charge in [-0.25, -0.2) is 0 Å². The average Bonchev–Trinajstić information content (AvgIpc) is 3.18. The molecule has 0 saturated carbocycles. The second-order valence-electron chi connectivity index (χ2n) is 6.09. The lowest BCUT2D eigenvalue weighted by molar-refractivity contribution is 0.370. The normalized spacial score (nSPS) is 11.4. The number of halogens is 1. The Balaban J connectivity index is 1.63. The van der Waals surface area contributed by atoms with Crippen molar-refractivity contribution in [1.29, 1.82) is 0 Å². The number of aliphatic imine (C=N–C) groups is 1. The first-order valence-corrected chi connectivity index (χ1v) is 9.10. The molecule has 0 bridgehead atoms. The summed E-state index contributed by atoms with van der Waals surface area (Å²) in [6, 6.07) is 15.2. The van der Waals surface area contributed by atoms with Crippen molar-refractivity contribution in [3.8, 4) is 17.1 Å². The van der Waals surface area contributed by atoms with Crippen molar-refractivity contribution in [2.75, 3.05) is 21.2 Å². The Hall–Kier alpha value is -3.06. The van der Waals surface area contributed by atoms with Crippen molar-refractivity contribution in [2.45, 2.75) is 13.1 Å². The molecule has 0 fully saturated rings. The average molecular weight is 400 g/mol. The van der Waals surface area contributed by atoms with Crippen LogP contribution in [0.5, 0.6) is 5.75 Å². The molecule has 28 heavy (non-hydrogen) atoms. The number of guanidine groups is 1. The van der Waals surface area contributed by atoms with Crippen molar-refractivity contribution < 1.29 is 9.26 Å². The molecule has 0 aliphatic rings. The van der Waals surface area contributed by atoms with Crippen LogP contribution in [0.2, 0.25) is 5.02 Å². The highest BCUT2D eigenvalue weighted by molar-refractivity contribution is 6.30. The van der Waals surface area contributed by atoms with E-state index in [-0.39, 0.29) is 0 Å². The third kappa shape index (κ3) is 4.80. The van der Waals surface area contributed by atoms with E-state index >= 15 is 0 Å². The summed E-state index contributed by atoms with van der Waals surface area (Å²) in [5, 5.41) is 7.87. The molecule has 8 heteroatoms. The number of ether oxygens (including phenoxy) is 1. The van der Waals surface area contributed by atoms with Gasteiger partial charge in [0.1, 0.15) is 5.75 Å². The molecule has 0 aliphatic heterocycles. The quantitative estimate of drug-likeness (QED) is 0.504. The lowest BCUT2D eigenvalue weighted by atomic mass is 10.2. The molecule has 0 unspecified atom stereocenters. The molecular formula is C20H22ClN5O2. The van der Waals surface area contributed by atoms with Gasteiger partial charge in [-0.2, -0.15) is 4.98 Å². The summed E-state index contributed by atoms with van der Waals surface area (Å²) in [6.45, 7) is 0.998. The Morgan fingerprint density at radius 2 is 2.07 bits per heavy atom. The molecule has 0 radical (unpaired) electrons. The van der Waals surface area contributed by atoms with Crippen LogP contribution >= 0.6 is 11.6 Å². The fraction of sp³-hybridized carbons (Fsp3) is 0.250. The predicted octanol–water partition coefficient (Wildman–Crippen LogP) is 3.61. The topological polar surface area (TPSA) is 75.8 Å². The van der Waals surface area contributed by atoms with E-state index in [0.717, 1.165) is 16.9 Å². The van der Waals surface area contributed by atoms with Crippen LogP contribution < -0.4 is 10.1 Å². The van der Waals surface area contributed by atoms with Crippen LogP contribution in [0.25, 0.3) is 11.4 Å². The van der Waals surface area contributed by atoms with E-state index in [2.05, 4.69) is 20.4 Å². The number of nitrogens with one attached hydrogen (secondary N) is 1. The van der Waals surface area contributed by atoms with Gasteiger partial charge in [0, 0.05) is 36.8 Å². The molecule has 0 atom stereocenters. The maximum Gasteiger partial charge on any atom is 0.246 e. The highest BCUT2D eigenvalue weighted by Gasteiger charge is 2.13. The van der Waals surface area contributed by atoms with Gasteiger partial charge >= 0.3 is 0 Å². The highest BCUT2D eigenvalue weighted by Crippen LogP contribution is 2.20. The van der Waals surface area contributed by atoms with E-state index in [1.54, 1.807) is 26.3 Å². The monoisotopic (exact) mass is 399 g/mol. The van der Waals surface area contributed by atoms with E-state index in [0.29, 0.717) is 35.8 Å². The van der Waals surface area contributed by atoms with Gasteiger partial charge in [0.2, 0.25) is 11.7 Å². The maximum absolute atomic E-state index is 6.02. The summed E-state index contributed by atoms with van der Waals surface area (Å²) in [7, 11) is 5.35. The second kappa shape index (κ2) is 9.23. The summed E-state index contributed by atoms with van der Waals surface area (Å²) in [6.07, 6.45) is 0. The van der Waals surface area contributed by atoms with Gasteiger partial charge in [-0.05, 0) is 18.2 Å². The molecule has 0 amide bonds. The fourth-order valence-electron chi connectivity index (χ4n) is 2.77. The number of methoxy groups -OCH3 is 1. The van der Waals surface area contributed by atoms with Gasteiger partial charge in [0.05, 0.1) is 13.7 Å². The molecule has 1 N–H and O–H groups in total. The van der Waals surface area contributed by atoms with Gasteiger partial charge in [0.15, 0.2) is 5.96 Å². The number of aromatic nitrogens is 2. The summed E-state index contributed by atoms with van der Waals surface area (Å²) < 4.78 is 10.7. The van der Waals surface area contributed by atoms with Crippen LogP contribution in [-0.4, -0.2) is 42.2 Å². The van der Waals surface area contributed by atoms with Gasteiger partial charge < -0.3 is 19.5 Å². The van der Waals surface area contributed by atoms with Crippen LogP contribution in [0.4, 0.5) is 0 Å². The van der Waals surface area contributed by atoms with Gasteiger partial charge in [-0.3, -0.25) is 4.99 Å². The van der Waals surface area contributed by atoms with Gasteiger partial charge in [0.25, 0.3) is 0 Å². The summed E-state index contributed by atoms with van der Waals surface area (Å²) in [4.78, 5) is 10.7. The van der Waals surface area contributed by atoms with E-state index < -0.39 is 0 Å². The minimum absolute atomic E-state index is 0.358. The standard InChI is InChI=1S/C20H22ClN5O2/c1-22-20(26(2)13-15-7-4-5-10-17(15)27-3)23-12-18-24-19(25-28-18)14-8-6-9-16(21)11-14/h4-11H,12-13H2,1-3H3,(H,22,23). The number of rotatable bonds is 6. The number of para-hydroxylation sites is 1. The first-order valence-electron chi connectivity index (χ1n) is 8.73. The second-order valence-corrected chi connectivity index (χ2v) is 6.53. The minimum Gasteiger partial charge on any atom is -0.496 e. The summed E-state index contributed by atoms with van der Waals surface area (Å²) in [5.41, 5.74) is 1.87. The molecule has 2 aromatic carbocycles.